The number of carbonyl (C=O) groups is 2. The van der Waals surface area contributed by atoms with Crippen LogP contribution in [0.5, 0.6) is 0 Å². The van der Waals surface area contributed by atoms with E-state index in [0.29, 0.717) is 24.7 Å². The van der Waals surface area contributed by atoms with Crippen molar-refractivity contribution in [2.24, 2.45) is 0 Å². The normalized spacial score (nSPS) is 10.2. The van der Waals surface area contributed by atoms with Gasteiger partial charge < -0.3 is 15.0 Å². The molecular formula is C21H23ClN2O3S. The highest BCUT2D eigenvalue weighted by Gasteiger charge is 2.15. The third-order valence-corrected chi connectivity index (χ3v) is 4.53. The van der Waals surface area contributed by atoms with E-state index in [1.165, 1.54) is 0 Å². The van der Waals surface area contributed by atoms with Crippen molar-refractivity contribution in [3.05, 3.63) is 70.7 Å². The molecule has 2 aromatic rings. The molecule has 7 heteroatoms. The van der Waals surface area contributed by atoms with E-state index >= 15 is 0 Å². The molecule has 0 aromatic heterocycles. The van der Waals surface area contributed by atoms with E-state index in [2.05, 4.69) is 5.32 Å². The maximum Gasteiger partial charge on any atom is 0.307 e. The third-order valence-electron chi connectivity index (χ3n) is 3.92. The van der Waals surface area contributed by atoms with Gasteiger partial charge in [-0.2, -0.15) is 0 Å². The predicted octanol–water partition coefficient (Wildman–Crippen LogP) is 3.74. The molecule has 0 aliphatic carbocycles. The Kier molecular flexibility index (Phi) is 8.91. The lowest BCUT2D eigenvalue weighted by atomic mass is 10.1. The van der Waals surface area contributed by atoms with Crippen LogP contribution < -0.4 is 5.32 Å². The van der Waals surface area contributed by atoms with Gasteiger partial charge in [-0.3, -0.25) is 9.59 Å². The van der Waals surface area contributed by atoms with E-state index in [9.17, 15) is 9.59 Å². The minimum atomic E-state index is -0.296. The zero-order valence-corrected chi connectivity index (χ0v) is 17.3. The number of halogens is 1. The molecule has 2 rings (SSSR count). The van der Waals surface area contributed by atoms with Crippen molar-refractivity contribution in [1.29, 1.82) is 0 Å². The van der Waals surface area contributed by atoms with Gasteiger partial charge in [-0.1, -0.05) is 54.1 Å². The number of nitrogens with one attached hydrogen (secondary N) is 1. The fourth-order valence-corrected chi connectivity index (χ4v) is 2.94. The van der Waals surface area contributed by atoms with E-state index in [-0.39, 0.29) is 29.8 Å². The first-order valence-corrected chi connectivity index (χ1v) is 9.79. The van der Waals surface area contributed by atoms with Crippen LogP contribution in [0.25, 0.3) is 0 Å². The summed E-state index contributed by atoms with van der Waals surface area (Å²) in [5.41, 5.74) is 1.87. The van der Waals surface area contributed by atoms with Gasteiger partial charge in [0, 0.05) is 18.1 Å². The van der Waals surface area contributed by atoms with Gasteiger partial charge in [0.15, 0.2) is 5.11 Å². The van der Waals surface area contributed by atoms with Crippen molar-refractivity contribution in [1.82, 2.24) is 10.2 Å². The highest BCUT2D eigenvalue weighted by molar-refractivity contribution is 7.80. The molecule has 0 radical (unpaired) electrons. The monoisotopic (exact) mass is 418 g/mol. The van der Waals surface area contributed by atoms with Gasteiger partial charge in [0.05, 0.1) is 19.4 Å². The van der Waals surface area contributed by atoms with Crippen molar-refractivity contribution < 1.29 is 14.3 Å². The van der Waals surface area contributed by atoms with Crippen molar-refractivity contribution >= 4 is 40.8 Å². The molecule has 0 unspecified atom stereocenters. The van der Waals surface area contributed by atoms with Crippen LogP contribution in [0, 0.1) is 0 Å². The first kappa shape index (κ1) is 21.9. The van der Waals surface area contributed by atoms with Crippen molar-refractivity contribution in [3.63, 3.8) is 0 Å². The van der Waals surface area contributed by atoms with Gasteiger partial charge in [0.25, 0.3) is 0 Å². The topological polar surface area (TPSA) is 58.6 Å². The molecule has 2 aromatic carbocycles. The van der Waals surface area contributed by atoms with Crippen LogP contribution in [0.4, 0.5) is 0 Å². The first-order chi connectivity index (χ1) is 13.5. The summed E-state index contributed by atoms with van der Waals surface area (Å²) in [6.07, 6.45) is 0.377. The Morgan fingerprint density at radius 1 is 1.07 bits per heavy atom. The van der Waals surface area contributed by atoms with Gasteiger partial charge in [-0.15, -0.1) is 0 Å². The number of nitrogens with zero attached hydrogens (tertiary/aromatic N) is 1. The molecule has 0 atom stereocenters. The maximum absolute atomic E-state index is 12.4. The average molecular weight is 419 g/mol. The Morgan fingerprint density at radius 2 is 1.75 bits per heavy atom. The smallest absolute Gasteiger partial charge is 0.307 e. The molecule has 5 nitrogen and oxygen atoms in total. The molecule has 0 aliphatic rings. The Labute approximate surface area is 175 Å². The Hall–Kier alpha value is -2.44. The number of carbonyl (C=O) groups excluding carboxylic acids is 2. The lowest BCUT2D eigenvalue weighted by molar-refractivity contribution is -0.143. The fourth-order valence-electron chi connectivity index (χ4n) is 2.55. The van der Waals surface area contributed by atoms with E-state index in [1.54, 1.807) is 36.1 Å². The highest BCUT2D eigenvalue weighted by Crippen LogP contribution is 2.10. The second kappa shape index (κ2) is 11.4. The zero-order valence-electron chi connectivity index (χ0n) is 15.7. The number of hydrogen-bond donors (Lipinski definition) is 1. The summed E-state index contributed by atoms with van der Waals surface area (Å²) >= 11 is 11.3. The van der Waals surface area contributed by atoms with Crippen LogP contribution in [0.15, 0.2) is 54.6 Å². The summed E-state index contributed by atoms with van der Waals surface area (Å²) in [5, 5.41) is 3.66. The van der Waals surface area contributed by atoms with Gasteiger partial charge >= 0.3 is 5.97 Å². The number of ether oxygens (including phenoxy) is 1. The van der Waals surface area contributed by atoms with Crippen LogP contribution >= 0.6 is 23.8 Å². The molecule has 0 fully saturated rings. The molecule has 28 heavy (non-hydrogen) atoms. The number of amides is 1. The zero-order chi connectivity index (χ0) is 20.4. The SMILES string of the molecule is CCOC(=O)CCN(Cc1ccccc1)C(=S)NC(=O)Cc1ccc(Cl)cc1. The predicted molar refractivity (Wildman–Crippen MR) is 114 cm³/mol. The average Bonchev–Trinajstić information content (AvgIpc) is 2.68. The number of rotatable bonds is 8. The lowest BCUT2D eigenvalue weighted by Gasteiger charge is -2.25. The van der Waals surface area contributed by atoms with Crippen molar-refractivity contribution in [3.8, 4) is 0 Å². The standard InChI is InChI=1S/C21H23ClN2O3S/c1-2-27-20(26)12-13-24(15-17-6-4-3-5-7-17)21(28)23-19(25)14-16-8-10-18(22)11-9-16/h3-11H,2,12-15H2,1H3,(H,23,25,28). The maximum atomic E-state index is 12.4. The molecule has 0 spiro atoms. The van der Waals surface area contributed by atoms with Gasteiger partial charge in [0.1, 0.15) is 0 Å². The number of benzene rings is 2. The summed E-state index contributed by atoms with van der Waals surface area (Å²) in [4.78, 5) is 25.9. The summed E-state index contributed by atoms with van der Waals surface area (Å²) < 4.78 is 4.98. The second-order valence-corrected chi connectivity index (χ2v) is 6.94. The number of esters is 1. The number of thiocarbonyl (C=S) groups is 1. The number of hydrogen-bond acceptors (Lipinski definition) is 4. The molecular weight excluding hydrogens is 396 g/mol. The van der Waals surface area contributed by atoms with Crippen molar-refractivity contribution in [2.45, 2.75) is 26.3 Å². The molecule has 0 saturated carbocycles. The molecule has 1 amide bonds. The molecule has 0 bridgehead atoms. The van der Waals surface area contributed by atoms with Gasteiger partial charge in [-0.25, -0.2) is 0 Å². The van der Waals surface area contributed by atoms with Gasteiger partial charge in [0.2, 0.25) is 5.91 Å². The minimum Gasteiger partial charge on any atom is -0.466 e. The van der Waals surface area contributed by atoms with Crippen LogP contribution in [0.2, 0.25) is 5.02 Å². The summed E-state index contributed by atoms with van der Waals surface area (Å²) in [5.74, 6) is -0.516. The third kappa shape index (κ3) is 7.66. The molecule has 0 aliphatic heterocycles. The second-order valence-electron chi connectivity index (χ2n) is 6.12. The van der Waals surface area contributed by atoms with E-state index in [0.717, 1.165) is 11.1 Å². The van der Waals surface area contributed by atoms with Crippen LogP contribution in [-0.4, -0.2) is 35.0 Å². The molecule has 148 valence electrons. The quantitative estimate of drug-likeness (QED) is 0.522. The Bertz CT molecular complexity index is 797. The summed E-state index contributed by atoms with van der Waals surface area (Å²) in [6.45, 7) is 2.94. The Morgan fingerprint density at radius 3 is 2.39 bits per heavy atom. The van der Waals surface area contributed by atoms with Crippen molar-refractivity contribution in [2.75, 3.05) is 13.2 Å². The molecule has 1 N–H and O–H groups in total. The largest absolute Gasteiger partial charge is 0.466 e. The van der Waals surface area contributed by atoms with E-state index in [1.807, 2.05) is 30.3 Å². The highest BCUT2D eigenvalue weighted by atomic mass is 35.5. The van der Waals surface area contributed by atoms with Crippen LogP contribution in [0.3, 0.4) is 0 Å². The minimum absolute atomic E-state index is 0.188. The fraction of sp³-hybridized carbons (Fsp3) is 0.286. The first-order valence-electron chi connectivity index (χ1n) is 9.00. The molecule has 0 heterocycles. The molecule has 0 saturated heterocycles. The van der Waals surface area contributed by atoms with Crippen LogP contribution in [-0.2, 0) is 27.3 Å². The van der Waals surface area contributed by atoms with Crippen LogP contribution in [0.1, 0.15) is 24.5 Å². The summed E-state index contributed by atoms with van der Waals surface area (Å²) in [7, 11) is 0. The van der Waals surface area contributed by atoms with E-state index in [4.69, 9.17) is 28.6 Å². The summed E-state index contributed by atoms with van der Waals surface area (Å²) in [6, 6.07) is 16.8. The lowest BCUT2D eigenvalue weighted by Crippen LogP contribution is -2.43. The van der Waals surface area contributed by atoms with E-state index < -0.39 is 0 Å². The van der Waals surface area contributed by atoms with Gasteiger partial charge in [-0.05, 0) is 42.4 Å². The Balaban J connectivity index is 1.98.